The van der Waals surface area contributed by atoms with E-state index in [0.29, 0.717) is 54.5 Å². The van der Waals surface area contributed by atoms with Gasteiger partial charge in [-0.2, -0.15) is 10.4 Å². The standard InChI is InChI=1S/C23H24N8O3/c1-13-9-30(22(33)23(12-24)6-7-23)10-16(13)28-19-14(20(25)32)8-26-31-11-17(29-21(19)31)15-4-3-5-18(27-15)34-2/h3-5,8,11,13,16,28H,6-7,9-10H2,1-2H3,(H2,25,32)/t13-,16-/m1/s1. The van der Waals surface area contributed by atoms with Crippen molar-refractivity contribution in [1.29, 1.82) is 5.26 Å². The fourth-order valence-corrected chi connectivity index (χ4v) is 4.37. The average Bonchev–Trinajstić information content (AvgIpc) is 3.38. The number of fused-ring (bicyclic) bond motifs is 1. The first-order chi connectivity index (χ1) is 16.3. The number of aromatic nitrogens is 4. The molecule has 2 aliphatic rings. The summed E-state index contributed by atoms with van der Waals surface area (Å²) in [5.41, 5.74) is 7.00. The fraction of sp³-hybridized carbons (Fsp3) is 0.391. The molecule has 1 aliphatic heterocycles. The maximum Gasteiger partial charge on any atom is 0.252 e. The van der Waals surface area contributed by atoms with Crippen LogP contribution in [0.4, 0.5) is 5.69 Å². The Hall–Kier alpha value is -4.20. The van der Waals surface area contributed by atoms with Crippen molar-refractivity contribution in [3.63, 3.8) is 0 Å². The Morgan fingerprint density at radius 2 is 2.06 bits per heavy atom. The van der Waals surface area contributed by atoms with Gasteiger partial charge in [0.1, 0.15) is 11.1 Å². The minimum absolute atomic E-state index is 0.0851. The number of carbonyl (C=O) groups is 2. The number of nitrogens with one attached hydrogen (secondary N) is 1. The van der Waals surface area contributed by atoms with E-state index in [1.807, 2.05) is 13.0 Å². The molecule has 0 spiro atoms. The number of carbonyl (C=O) groups excluding carboxylic acids is 2. The number of hydrogen-bond donors (Lipinski definition) is 2. The van der Waals surface area contributed by atoms with Crippen LogP contribution in [0.25, 0.3) is 17.0 Å². The summed E-state index contributed by atoms with van der Waals surface area (Å²) in [4.78, 5) is 35.9. The first-order valence-electron chi connectivity index (χ1n) is 11.0. The first-order valence-corrected chi connectivity index (χ1v) is 11.0. The molecule has 5 rings (SSSR count). The molecular weight excluding hydrogens is 436 g/mol. The van der Waals surface area contributed by atoms with E-state index in [-0.39, 0.29) is 23.4 Å². The maximum absolute atomic E-state index is 12.9. The number of primary amides is 1. The summed E-state index contributed by atoms with van der Waals surface area (Å²) >= 11 is 0. The van der Waals surface area contributed by atoms with Gasteiger partial charge in [-0.3, -0.25) is 9.59 Å². The lowest BCUT2D eigenvalue weighted by Crippen LogP contribution is -2.36. The maximum atomic E-state index is 12.9. The first kappa shape index (κ1) is 21.6. The Morgan fingerprint density at radius 3 is 2.74 bits per heavy atom. The highest BCUT2D eigenvalue weighted by Crippen LogP contribution is 2.47. The minimum atomic E-state index is -0.862. The molecule has 2 fully saturated rings. The van der Waals surface area contributed by atoms with Crippen LogP contribution in [0.2, 0.25) is 0 Å². The quantitative estimate of drug-likeness (QED) is 0.561. The van der Waals surface area contributed by atoms with Crippen LogP contribution in [0.1, 0.15) is 30.1 Å². The number of methoxy groups -OCH3 is 1. The van der Waals surface area contributed by atoms with Crippen LogP contribution in [0.15, 0.2) is 30.6 Å². The molecule has 3 N–H and O–H groups in total. The highest BCUT2D eigenvalue weighted by Gasteiger charge is 2.54. The van der Waals surface area contributed by atoms with Gasteiger partial charge in [-0.15, -0.1) is 0 Å². The molecule has 0 unspecified atom stereocenters. The molecule has 1 saturated carbocycles. The average molecular weight is 460 g/mol. The van der Waals surface area contributed by atoms with Gasteiger partial charge in [-0.1, -0.05) is 13.0 Å². The topological polar surface area (TPSA) is 152 Å². The Balaban J connectivity index is 1.49. The fourth-order valence-electron chi connectivity index (χ4n) is 4.37. The van der Waals surface area contributed by atoms with Crippen LogP contribution >= 0.6 is 0 Å². The third-order valence-electron chi connectivity index (χ3n) is 6.56. The second kappa shape index (κ2) is 7.98. The SMILES string of the molecule is COc1cccc(-c2cn3ncc(C(N)=O)c(N[C@@H]4CN(C(=O)C5(C#N)CC5)C[C@H]4C)c3n2)n1. The van der Waals surface area contributed by atoms with Gasteiger partial charge in [0.15, 0.2) is 5.65 Å². The second-order valence-corrected chi connectivity index (χ2v) is 8.89. The summed E-state index contributed by atoms with van der Waals surface area (Å²) in [6.45, 7) is 2.97. The largest absolute Gasteiger partial charge is 0.481 e. The summed E-state index contributed by atoms with van der Waals surface area (Å²) in [5, 5.41) is 17.1. The lowest BCUT2D eigenvalue weighted by molar-refractivity contribution is -0.134. The van der Waals surface area contributed by atoms with Gasteiger partial charge in [0.25, 0.3) is 5.91 Å². The Bertz CT molecular complexity index is 1340. The summed E-state index contributed by atoms with van der Waals surface area (Å²) in [6, 6.07) is 7.37. The van der Waals surface area contributed by atoms with Gasteiger partial charge < -0.3 is 20.7 Å². The Labute approximate surface area is 195 Å². The zero-order chi connectivity index (χ0) is 24.0. The molecule has 4 heterocycles. The number of amides is 2. The molecule has 1 saturated heterocycles. The molecule has 0 aromatic carbocycles. The molecule has 2 amide bonds. The number of nitriles is 1. The lowest BCUT2D eigenvalue weighted by atomic mass is 10.1. The van der Waals surface area contributed by atoms with E-state index in [4.69, 9.17) is 10.5 Å². The predicted molar refractivity (Wildman–Crippen MR) is 122 cm³/mol. The van der Waals surface area contributed by atoms with Crippen molar-refractivity contribution >= 4 is 23.1 Å². The van der Waals surface area contributed by atoms with Gasteiger partial charge in [-0.05, 0) is 24.8 Å². The van der Waals surface area contributed by atoms with Crippen molar-refractivity contribution in [2.24, 2.45) is 17.1 Å². The Morgan fingerprint density at radius 1 is 1.26 bits per heavy atom. The number of rotatable bonds is 6. The number of likely N-dealkylation sites (tertiary alicyclic amines) is 1. The molecule has 174 valence electrons. The normalized spacial score (nSPS) is 20.7. The molecule has 1 aliphatic carbocycles. The van der Waals surface area contributed by atoms with Crippen LogP contribution in [0, 0.1) is 22.7 Å². The summed E-state index contributed by atoms with van der Waals surface area (Å²) < 4.78 is 6.76. The van der Waals surface area contributed by atoms with E-state index in [2.05, 4.69) is 26.5 Å². The van der Waals surface area contributed by atoms with Gasteiger partial charge >= 0.3 is 0 Å². The highest BCUT2D eigenvalue weighted by atomic mass is 16.5. The van der Waals surface area contributed by atoms with Crippen LogP contribution < -0.4 is 15.8 Å². The summed E-state index contributed by atoms with van der Waals surface area (Å²) in [7, 11) is 1.54. The van der Waals surface area contributed by atoms with E-state index in [1.54, 1.807) is 27.7 Å². The number of hydrogen-bond acceptors (Lipinski definition) is 8. The predicted octanol–water partition coefficient (Wildman–Crippen LogP) is 1.46. The van der Waals surface area contributed by atoms with Crippen molar-refractivity contribution < 1.29 is 14.3 Å². The summed E-state index contributed by atoms with van der Waals surface area (Å²) in [5.74, 6) is -0.217. The molecule has 3 aromatic rings. The van der Waals surface area contributed by atoms with Gasteiger partial charge in [0.05, 0.1) is 42.5 Å². The van der Waals surface area contributed by atoms with Crippen LogP contribution in [-0.2, 0) is 4.79 Å². The molecule has 11 heteroatoms. The van der Waals surface area contributed by atoms with Crippen molar-refractivity contribution in [2.45, 2.75) is 25.8 Å². The van der Waals surface area contributed by atoms with Crippen molar-refractivity contribution in [1.82, 2.24) is 24.5 Å². The number of nitrogens with two attached hydrogens (primary N) is 1. The van der Waals surface area contributed by atoms with E-state index >= 15 is 0 Å². The molecule has 34 heavy (non-hydrogen) atoms. The van der Waals surface area contributed by atoms with Crippen molar-refractivity contribution in [3.8, 4) is 23.3 Å². The smallest absolute Gasteiger partial charge is 0.252 e. The highest BCUT2D eigenvalue weighted by molar-refractivity contribution is 6.01. The van der Waals surface area contributed by atoms with Crippen LogP contribution in [0.5, 0.6) is 5.88 Å². The number of nitrogens with zero attached hydrogens (tertiary/aromatic N) is 6. The monoisotopic (exact) mass is 460 g/mol. The third-order valence-corrected chi connectivity index (χ3v) is 6.56. The van der Waals surface area contributed by atoms with E-state index in [1.165, 1.54) is 13.3 Å². The molecule has 3 aromatic heterocycles. The second-order valence-electron chi connectivity index (χ2n) is 8.89. The zero-order valence-electron chi connectivity index (χ0n) is 18.9. The Kier molecular flexibility index (Phi) is 5.08. The van der Waals surface area contributed by atoms with Crippen LogP contribution in [0.3, 0.4) is 0 Å². The van der Waals surface area contributed by atoms with E-state index < -0.39 is 11.3 Å². The molecule has 11 nitrogen and oxygen atoms in total. The van der Waals surface area contributed by atoms with Gasteiger partial charge in [-0.25, -0.2) is 14.5 Å². The van der Waals surface area contributed by atoms with Crippen LogP contribution in [-0.4, -0.2) is 62.5 Å². The van der Waals surface area contributed by atoms with Gasteiger partial charge in [0.2, 0.25) is 11.8 Å². The van der Waals surface area contributed by atoms with E-state index in [0.717, 1.165) is 0 Å². The lowest BCUT2D eigenvalue weighted by Gasteiger charge is -2.21. The van der Waals surface area contributed by atoms with Gasteiger partial charge in [0, 0.05) is 25.2 Å². The third kappa shape index (κ3) is 3.57. The molecule has 0 bridgehead atoms. The zero-order valence-corrected chi connectivity index (χ0v) is 18.9. The minimum Gasteiger partial charge on any atom is -0.481 e. The molecule has 0 radical (unpaired) electrons. The number of ether oxygens (including phenoxy) is 1. The number of anilines is 1. The molecular formula is C23H24N8O3. The number of pyridine rings is 1. The molecule has 2 atom stereocenters. The van der Waals surface area contributed by atoms with Crippen molar-refractivity contribution in [2.75, 3.05) is 25.5 Å². The van der Waals surface area contributed by atoms with E-state index in [9.17, 15) is 14.9 Å². The summed E-state index contributed by atoms with van der Waals surface area (Å²) in [6.07, 6.45) is 4.33. The number of imidazole rings is 1. The van der Waals surface area contributed by atoms with Crippen molar-refractivity contribution in [3.05, 3.63) is 36.2 Å².